The number of rotatable bonds is 3. The molecule has 184 valence electrons. The van der Waals surface area contributed by atoms with Gasteiger partial charge in [0.05, 0.1) is 0 Å². The highest BCUT2D eigenvalue weighted by molar-refractivity contribution is 9.10. The number of furan rings is 2. The summed E-state index contributed by atoms with van der Waals surface area (Å²) in [5, 5.41) is 4.02. The molecule has 3 aromatic heterocycles. The normalized spacial score (nSPS) is 11.7. The van der Waals surface area contributed by atoms with Crippen LogP contribution in [0, 0.1) is 0 Å². The third-order valence-electron chi connectivity index (χ3n) is 7.01. The maximum atomic E-state index is 6.17. The van der Waals surface area contributed by atoms with Crippen molar-refractivity contribution in [2.24, 2.45) is 0 Å². The molecule has 0 fully saturated rings. The van der Waals surface area contributed by atoms with Crippen LogP contribution in [0.15, 0.2) is 123 Å². The molecule has 39 heavy (non-hydrogen) atoms. The van der Waals surface area contributed by atoms with Gasteiger partial charge < -0.3 is 8.83 Å². The highest BCUT2D eigenvalue weighted by atomic mass is 79.9. The molecule has 8 aromatic rings. The summed E-state index contributed by atoms with van der Waals surface area (Å²) in [5.74, 6) is 1.75. The van der Waals surface area contributed by atoms with Gasteiger partial charge in [0.25, 0.3) is 0 Å². The summed E-state index contributed by atoms with van der Waals surface area (Å²) < 4.78 is 13.3. The Morgan fingerprint density at radius 1 is 0.462 bits per heavy atom. The molecule has 0 spiro atoms. The van der Waals surface area contributed by atoms with Gasteiger partial charge in [-0.2, -0.15) is 0 Å². The first kappa shape index (κ1) is 22.2. The van der Waals surface area contributed by atoms with E-state index in [4.69, 9.17) is 23.8 Å². The van der Waals surface area contributed by atoms with E-state index in [2.05, 4.69) is 28.1 Å². The van der Waals surface area contributed by atoms with E-state index in [9.17, 15) is 0 Å². The minimum absolute atomic E-state index is 0.580. The van der Waals surface area contributed by atoms with Crippen molar-refractivity contribution in [2.75, 3.05) is 0 Å². The van der Waals surface area contributed by atoms with Crippen molar-refractivity contribution in [2.45, 2.75) is 0 Å². The van der Waals surface area contributed by atoms with E-state index in [0.29, 0.717) is 17.5 Å². The van der Waals surface area contributed by atoms with Gasteiger partial charge in [0.15, 0.2) is 17.5 Å². The molecule has 0 radical (unpaired) electrons. The van der Waals surface area contributed by atoms with Crippen LogP contribution in [0.3, 0.4) is 0 Å². The van der Waals surface area contributed by atoms with E-state index < -0.39 is 0 Å². The molecule has 0 saturated heterocycles. The predicted molar refractivity (Wildman–Crippen MR) is 158 cm³/mol. The van der Waals surface area contributed by atoms with E-state index >= 15 is 0 Å². The maximum absolute atomic E-state index is 6.17. The Morgan fingerprint density at radius 3 is 1.51 bits per heavy atom. The molecule has 0 aliphatic heterocycles. The molecule has 8 rings (SSSR count). The van der Waals surface area contributed by atoms with Gasteiger partial charge >= 0.3 is 0 Å². The highest BCUT2D eigenvalue weighted by Crippen LogP contribution is 2.39. The van der Waals surface area contributed by atoms with Crippen molar-refractivity contribution in [3.63, 3.8) is 0 Å². The van der Waals surface area contributed by atoms with E-state index in [1.165, 1.54) is 0 Å². The molecule has 5 nitrogen and oxygen atoms in total. The van der Waals surface area contributed by atoms with Crippen LogP contribution < -0.4 is 0 Å². The van der Waals surface area contributed by atoms with Crippen LogP contribution in [-0.4, -0.2) is 15.0 Å². The molecule has 0 N–H and O–H groups in total. The van der Waals surface area contributed by atoms with E-state index in [1.54, 1.807) is 0 Å². The second-order valence-corrected chi connectivity index (χ2v) is 10.3. The molecule has 0 unspecified atom stereocenters. The number of fused-ring (bicyclic) bond motifs is 6. The zero-order valence-corrected chi connectivity index (χ0v) is 22.0. The van der Waals surface area contributed by atoms with Gasteiger partial charge in [0, 0.05) is 42.7 Å². The molecule has 3 heterocycles. The van der Waals surface area contributed by atoms with Gasteiger partial charge in [-0.05, 0) is 36.4 Å². The van der Waals surface area contributed by atoms with Gasteiger partial charge in [0.2, 0.25) is 0 Å². The maximum Gasteiger partial charge on any atom is 0.164 e. The zero-order valence-electron chi connectivity index (χ0n) is 20.4. The Bertz CT molecular complexity index is 2080. The Labute approximate surface area is 230 Å². The molecular weight excluding hydrogens is 550 g/mol. The van der Waals surface area contributed by atoms with Crippen molar-refractivity contribution >= 4 is 59.8 Å². The van der Waals surface area contributed by atoms with Crippen LogP contribution in [-0.2, 0) is 0 Å². The molecule has 0 atom stereocenters. The van der Waals surface area contributed by atoms with E-state index in [-0.39, 0.29) is 0 Å². The molecule has 5 aromatic carbocycles. The first-order valence-electron chi connectivity index (χ1n) is 12.6. The van der Waals surface area contributed by atoms with Crippen LogP contribution in [0.4, 0.5) is 0 Å². The average molecular weight is 568 g/mol. The van der Waals surface area contributed by atoms with Crippen molar-refractivity contribution in [3.05, 3.63) is 114 Å². The van der Waals surface area contributed by atoms with Crippen LogP contribution in [0.2, 0.25) is 0 Å². The summed E-state index contributed by atoms with van der Waals surface area (Å²) in [6.07, 6.45) is 0. The van der Waals surface area contributed by atoms with Crippen LogP contribution in [0.25, 0.3) is 78.0 Å². The molecular formula is C33H18BrN3O2. The Balaban J connectivity index is 1.46. The summed E-state index contributed by atoms with van der Waals surface area (Å²) in [5.41, 5.74) is 5.92. The summed E-state index contributed by atoms with van der Waals surface area (Å²) in [7, 11) is 0. The van der Waals surface area contributed by atoms with Gasteiger partial charge in [-0.1, -0.05) is 88.7 Å². The lowest BCUT2D eigenvalue weighted by molar-refractivity contribution is 0.668. The lowest BCUT2D eigenvalue weighted by Crippen LogP contribution is -2.00. The number of benzene rings is 5. The quantitative estimate of drug-likeness (QED) is 0.212. The van der Waals surface area contributed by atoms with Crippen LogP contribution in [0.5, 0.6) is 0 Å². The van der Waals surface area contributed by atoms with Gasteiger partial charge in [-0.25, -0.2) is 15.0 Å². The van der Waals surface area contributed by atoms with Crippen LogP contribution in [0.1, 0.15) is 0 Å². The Hall–Kier alpha value is -4.81. The topological polar surface area (TPSA) is 65.0 Å². The summed E-state index contributed by atoms with van der Waals surface area (Å²) >= 11 is 3.60. The van der Waals surface area contributed by atoms with Crippen molar-refractivity contribution in [3.8, 4) is 34.2 Å². The van der Waals surface area contributed by atoms with Crippen molar-refractivity contribution in [1.82, 2.24) is 15.0 Å². The number of hydrogen-bond acceptors (Lipinski definition) is 5. The second kappa shape index (κ2) is 8.61. The van der Waals surface area contributed by atoms with Gasteiger partial charge in [-0.15, -0.1) is 0 Å². The minimum atomic E-state index is 0.580. The monoisotopic (exact) mass is 567 g/mol. The number of para-hydroxylation sites is 2. The van der Waals surface area contributed by atoms with E-state index in [0.717, 1.165) is 65.0 Å². The lowest BCUT2D eigenvalue weighted by Gasteiger charge is -2.10. The second-order valence-electron chi connectivity index (χ2n) is 9.37. The largest absolute Gasteiger partial charge is 0.456 e. The van der Waals surface area contributed by atoms with E-state index in [1.807, 2.05) is 97.1 Å². The number of halogens is 1. The zero-order chi connectivity index (χ0) is 25.9. The first-order valence-corrected chi connectivity index (χ1v) is 13.4. The fraction of sp³-hybridized carbons (Fsp3) is 0. The fourth-order valence-electron chi connectivity index (χ4n) is 5.30. The van der Waals surface area contributed by atoms with Gasteiger partial charge in [-0.3, -0.25) is 0 Å². The summed E-state index contributed by atoms with van der Waals surface area (Å²) in [6.45, 7) is 0. The van der Waals surface area contributed by atoms with Crippen molar-refractivity contribution < 1.29 is 8.83 Å². The molecule has 0 amide bonds. The summed E-state index contributed by atoms with van der Waals surface area (Å²) in [6, 6.07) is 36.1. The summed E-state index contributed by atoms with van der Waals surface area (Å²) in [4.78, 5) is 15.1. The molecule has 0 aliphatic carbocycles. The van der Waals surface area contributed by atoms with Crippen molar-refractivity contribution in [1.29, 1.82) is 0 Å². The Morgan fingerprint density at radius 2 is 0.949 bits per heavy atom. The smallest absolute Gasteiger partial charge is 0.164 e. The standard InChI is InChI=1S/C33H18BrN3O2/c34-20-9-5-8-19(18-20)31-35-32(23-12-6-16-27-29(23)21-10-1-3-14-25(21)38-27)37-33(36-31)24-13-7-17-28-30(24)22-11-2-4-15-26(22)39-28/h1-18H. The number of nitrogens with zero attached hydrogens (tertiary/aromatic N) is 3. The molecule has 0 bridgehead atoms. The average Bonchev–Trinajstić information content (AvgIpc) is 3.55. The fourth-order valence-corrected chi connectivity index (χ4v) is 5.69. The SMILES string of the molecule is Brc1cccc(-c2nc(-c3cccc4oc5ccccc5c34)nc(-c3cccc4oc5ccccc5c34)n2)c1. The Kier molecular flexibility index (Phi) is 4.90. The molecule has 0 saturated carbocycles. The molecule has 0 aliphatic rings. The lowest BCUT2D eigenvalue weighted by atomic mass is 10.0. The highest BCUT2D eigenvalue weighted by Gasteiger charge is 2.20. The minimum Gasteiger partial charge on any atom is -0.456 e. The third kappa shape index (κ3) is 3.56. The molecule has 6 heteroatoms. The third-order valence-corrected chi connectivity index (χ3v) is 7.50. The number of aromatic nitrogens is 3. The predicted octanol–water partition coefficient (Wildman–Crippen LogP) is 9.43. The first-order chi connectivity index (χ1) is 19.2. The van der Waals surface area contributed by atoms with Crippen LogP contribution >= 0.6 is 15.9 Å². The van der Waals surface area contributed by atoms with Gasteiger partial charge in [0.1, 0.15) is 22.3 Å². The number of hydrogen-bond donors (Lipinski definition) is 0.